The summed E-state index contributed by atoms with van der Waals surface area (Å²) >= 11 is 0. The Balaban J connectivity index is 2.54. The van der Waals surface area contributed by atoms with Crippen LogP contribution in [0.3, 0.4) is 0 Å². The molecule has 0 bridgehead atoms. The minimum atomic E-state index is 0.200. The number of benzene rings is 1. The molecule has 0 aliphatic heterocycles. The molecule has 0 saturated carbocycles. The van der Waals surface area contributed by atoms with E-state index in [1.807, 2.05) is 12.1 Å². The Morgan fingerprint density at radius 3 is 2.81 bits per heavy atom. The molecule has 0 aliphatic rings. The molecule has 0 amide bonds. The van der Waals surface area contributed by atoms with Crippen molar-refractivity contribution in [1.29, 1.82) is 0 Å². The summed E-state index contributed by atoms with van der Waals surface area (Å²) in [6, 6.07) is 6.04. The largest absolute Gasteiger partial charge is 0.504 e. The van der Waals surface area contributed by atoms with Crippen LogP contribution in [0.25, 0.3) is 0 Å². The predicted molar refractivity (Wildman–Crippen MR) is 66.1 cm³/mol. The molecule has 3 nitrogen and oxygen atoms in total. The van der Waals surface area contributed by atoms with E-state index in [0.29, 0.717) is 11.8 Å². The summed E-state index contributed by atoms with van der Waals surface area (Å²) in [5.74, 6) is 0.750. The number of rotatable bonds is 6. The van der Waals surface area contributed by atoms with E-state index in [1.54, 1.807) is 13.2 Å². The summed E-state index contributed by atoms with van der Waals surface area (Å²) in [7, 11) is 1.57. The number of hydrogen-bond acceptors (Lipinski definition) is 3. The van der Waals surface area contributed by atoms with Crippen molar-refractivity contribution in [3.63, 3.8) is 0 Å². The highest BCUT2D eigenvalue weighted by Crippen LogP contribution is 2.26. The van der Waals surface area contributed by atoms with Crippen molar-refractivity contribution in [2.45, 2.75) is 32.7 Å². The van der Waals surface area contributed by atoms with Gasteiger partial charge in [-0.05, 0) is 44.0 Å². The maximum atomic E-state index is 9.46. The number of nitrogens with one attached hydrogen (secondary N) is 1. The van der Waals surface area contributed by atoms with Crippen LogP contribution in [0, 0.1) is 0 Å². The van der Waals surface area contributed by atoms with Gasteiger partial charge in [0.05, 0.1) is 7.11 Å². The van der Waals surface area contributed by atoms with E-state index < -0.39 is 0 Å². The number of hydrogen-bond donors (Lipinski definition) is 2. The van der Waals surface area contributed by atoms with Gasteiger partial charge in [-0.1, -0.05) is 13.0 Å². The molecular weight excluding hydrogens is 202 g/mol. The van der Waals surface area contributed by atoms with Gasteiger partial charge < -0.3 is 15.2 Å². The van der Waals surface area contributed by atoms with Crippen LogP contribution in [0.2, 0.25) is 0 Å². The monoisotopic (exact) mass is 223 g/mol. The molecule has 0 radical (unpaired) electrons. The van der Waals surface area contributed by atoms with E-state index in [4.69, 9.17) is 4.74 Å². The fourth-order valence-corrected chi connectivity index (χ4v) is 1.71. The molecule has 0 aromatic heterocycles. The third kappa shape index (κ3) is 3.74. The van der Waals surface area contributed by atoms with Crippen LogP contribution in [0.1, 0.15) is 25.8 Å². The number of ether oxygens (including phenoxy) is 1. The first-order valence-electron chi connectivity index (χ1n) is 5.76. The first-order valence-corrected chi connectivity index (χ1v) is 5.76. The summed E-state index contributed by atoms with van der Waals surface area (Å²) in [5.41, 5.74) is 1.19. The molecular formula is C13H21NO2. The lowest BCUT2D eigenvalue weighted by molar-refractivity contribution is 0.373. The average Bonchev–Trinajstić information content (AvgIpc) is 2.28. The highest BCUT2D eigenvalue weighted by atomic mass is 16.5. The Bertz CT molecular complexity index is 326. The van der Waals surface area contributed by atoms with Gasteiger partial charge >= 0.3 is 0 Å². The molecule has 0 spiro atoms. The summed E-state index contributed by atoms with van der Waals surface area (Å²) in [4.78, 5) is 0. The molecule has 0 saturated heterocycles. The zero-order valence-electron chi connectivity index (χ0n) is 10.3. The van der Waals surface area contributed by atoms with E-state index in [1.165, 1.54) is 5.56 Å². The quantitative estimate of drug-likeness (QED) is 0.777. The van der Waals surface area contributed by atoms with Crippen LogP contribution in [-0.2, 0) is 6.42 Å². The molecule has 1 aromatic carbocycles. The number of aromatic hydroxyl groups is 1. The fraction of sp³-hybridized carbons (Fsp3) is 0.538. The Morgan fingerprint density at radius 2 is 2.19 bits per heavy atom. The minimum Gasteiger partial charge on any atom is -0.504 e. The van der Waals surface area contributed by atoms with Crippen molar-refractivity contribution in [3.8, 4) is 11.5 Å². The Labute approximate surface area is 97.4 Å². The van der Waals surface area contributed by atoms with Gasteiger partial charge in [-0.2, -0.15) is 0 Å². The second kappa shape index (κ2) is 6.38. The molecule has 1 atom stereocenters. The van der Waals surface area contributed by atoms with E-state index in [9.17, 15) is 5.11 Å². The maximum absolute atomic E-state index is 9.46. The van der Waals surface area contributed by atoms with Gasteiger partial charge in [-0.15, -0.1) is 0 Å². The van der Waals surface area contributed by atoms with Crippen LogP contribution in [0.4, 0.5) is 0 Å². The van der Waals surface area contributed by atoms with Crippen molar-refractivity contribution in [1.82, 2.24) is 5.32 Å². The van der Waals surface area contributed by atoms with E-state index >= 15 is 0 Å². The lowest BCUT2D eigenvalue weighted by atomic mass is 10.1. The number of phenols is 1. The van der Waals surface area contributed by atoms with Gasteiger partial charge in [0, 0.05) is 6.04 Å². The second-order valence-electron chi connectivity index (χ2n) is 4.00. The smallest absolute Gasteiger partial charge is 0.160 e. The third-order valence-electron chi connectivity index (χ3n) is 2.66. The molecule has 16 heavy (non-hydrogen) atoms. The van der Waals surface area contributed by atoms with Crippen molar-refractivity contribution < 1.29 is 9.84 Å². The topological polar surface area (TPSA) is 41.5 Å². The second-order valence-corrected chi connectivity index (χ2v) is 4.00. The molecule has 90 valence electrons. The first kappa shape index (κ1) is 12.8. The number of phenolic OH excluding ortho intramolecular Hbond substituents is 1. The van der Waals surface area contributed by atoms with Crippen molar-refractivity contribution in [3.05, 3.63) is 23.8 Å². The standard InChI is InChI=1S/C13H21NO2/c1-4-14-10(2)5-6-11-7-8-12(15)13(9-11)16-3/h7-10,14-15H,4-6H2,1-3H3. The van der Waals surface area contributed by atoms with Gasteiger partial charge in [0.25, 0.3) is 0 Å². The lowest BCUT2D eigenvalue weighted by Gasteiger charge is -2.12. The van der Waals surface area contributed by atoms with Crippen molar-refractivity contribution in [2.24, 2.45) is 0 Å². The van der Waals surface area contributed by atoms with Gasteiger partial charge in [0.2, 0.25) is 0 Å². The summed E-state index contributed by atoms with van der Waals surface area (Å²) in [5, 5.41) is 12.8. The van der Waals surface area contributed by atoms with Crippen LogP contribution in [0.5, 0.6) is 11.5 Å². The van der Waals surface area contributed by atoms with Gasteiger partial charge in [-0.25, -0.2) is 0 Å². The summed E-state index contributed by atoms with van der Waals surface area (Å²) < 4.78 is 5.07. The molecule has 0 fully saturated rings. The third-order valence-corrected chi connectivity index (χ3v) is 2.66. The first-order chi connectivity index (χ1) is 7.67. The Morgan fingerprint density at radius 1 is 1.44 bits per heavy atom. The van der Waals surface area contributed by atoms with E-state index in [2.05, 4.69) is 19.2 Å². The molecule has 0 heterocycles. The fourth-order valence-electron chi connectivity index (χ4n) is 1.71. The van der Waals surface area contributed by atoms with Gasteiger partial charge in [-0.3, -0.25) is 0 Å². The van der Waals surface area contributed by atoms with Gasteiger partial charge in [0.15, 0.2) is 11.5 Å². The predicted octanol–water partition coefficient (Wildman–Crippen LogP) is 2.33. The molecule has 1 unspecified atom stereocenters. The minimum absolute atomic E-state index is 0.200. The van der Waals surface area contributed by atoms with E-state index in [0.717, 1.165) is 19.4 Å². The SMILES string of the molecule is CCNC(C)CCc1ccc(O)c(OC)c1. The Hall–Kier alpha value is -1.22. The van der Waals surface area contributed by atoms with Crippen molar-refractivity contribution in [2.75, 3.05) is 13.7 Å². The molecule has 0 aliphatic carbocycles. The van der Waals surface area contributed by atoms with Crippen molar-refractivity contribution >= 4 is 0 Å². The molecule has 3 heteroatoms. The zero-order valence-corrected chi connectivity index (χ0v) is 10.3. The lowest BCUT2D eigenvalue weighted by Crippen LogP contribution is -2.25. The van der Waals surface area contributed by atoms with Gasteiger partial charge in [0.1, 0.15) is 0 Å². The van der Waals surface area contributed by atoms with Crippen LogP contribution >= 0.6 is 0 Å². The Kier molecular flexibility index (Phi) is 5.12. The van der Waals surface area contributed by atoms with Crippen LogP contribution in [-0.4, -0.2) is 24.8 Å². The van der Waals surface area contributed by atoms with E-state index in [-0.39, 0.29) is 5.75 Å². The molecule has 2 N–H and O–H groups in total. The van der Waals surface area contributed by atoms with Crippen LogP contribution < -0.4 is 10.1 Å². The molecule has 1 rings (SSSR count). The highest BCUT2D eigenvalue weighted by Gasteiger charge is 2.04. The maximum Gasteiger partial charge on any atom is 0.160 e. The summed E-state index contributed by atoms with van der Waals surface area (Å²) in [6.45, 7) is 5.29. The summed E-state index contributed by atoms with van der Waals surface area (Å²) in [6.07, 6.45) is 2.08. The number of methoxy groups -OCH3 is 1. The zero-order chi connectivity index (χ0) is 12.0. The number of aryl methyl sites for hydroxylation is 1. The average molecular weight is 223 g/mol. The van der Waals surface area contributed by atoms with Crippen LogP contribution in [0.15, 0.2) is 18.2 Å². The normalized spacial score (nSPS) is 12.4. The molecule has 1 aromatic rings. The highest BCUT2D eigenvalue weighted by molar-refractivity contribution is 5.41.